The number of rotatable bonds is 4. The van der Waals surface area contributed by atoms with E-state index < -0.39 is 12.2 Å². The van der Waals surface area contributed by atoms with Crippen LogP contribution in [0.3, 0.4) is 0 Å². The molecule has 0 radical (unpaired) electrons. The van der Waals surface area contributed by atoms with Gasteiger partial charge in [0.05, 0.1) is 6.07 Å². The fourth-order valence-electron chi connectivity index (χ4n) is 0.545. The van der Waals surface area contributed by atoms with Gasteiger partial charge in [0.2, 0.25) is 0 Å². The fourth-order valence-corrected chi connectivity index (χ4v) is 0.545. The van der Waals surface area contributed by atoms with Crippen LogP contribution in [-0.2, 0) is 14.3 Å². The van der Waals surface area contributed by atoms with Gasteiger partial charge in [-0.3, -0.25) is 0 Å². The van der Waals surface area contributed by atoms with Crippen molar-refractivity contribution in [2.75, 3.05) is 14.2 Å². The number of nitrogens with zero attached hydrogens (tertiary/aromatic N) is 1. The average Bonchev–Trinajstić information content (AvgIpc) is 2.00. The standard InChI is InChI=1S/C6H9NO3.Na.H/c1-9-6(10-2)5(3-7)4-8;;/h4-6H,1-2H3;;. The molecule has 0 rings (SSSR count). The predicted octanol–water partition coefficient (Wildman–Crippen LogP) is -0.705. The van der Waals surface area contributed by atoms with Crippen molar-refractivity contribution in [3.05, 3.63) is 0 Å². The quantitative estimate of drug-likeness (QED) is 0.315. The monoisotopic (exact) mass is 167 g/mol. The maximum absolute atomic E-state index is 10.1. The van der Waals surface area contributed by atoms with E-state index in [0.717, 1.165) is 0 Å². The Hall–Kier alpha value is 0.0800. The number of ether oxygens (including phenoxy) is 2. The van der Waals surface area contributed by atoms with E-state index >= 15 is 0 Å². The van der Waals surface area contributed by atoms with Crippen molar-refractivity contribution >= 4 is 35.8 Å². The Morgan fingerprint density at radius 3 is 2.00 bits per heavy atom. The second-order valence-corrected chi connectivity index (χ2v) is 1.63. The third-order valence-electron chi connectivity index (χ3n) is 1.05. The Morgan fingerprint density at radius 1 is 1.45 bits per heavy atom. The van der Waals surface area contributed by atoms with Crippen molar-refractivity contribution in [1.82, 2.24) is 0 Å². The Bertz CT molecular complexity index is 141. The molecule has 0 aliphatic rings. The molecule has 0 saturated carbocycles. The summed E-state index contributed by atoms with van der Waals surface area (Å²) in [6, 6.07) is 1.74. The van der Waals surface area contributed by atoms with Crippen molar-refractivity contribution in [2.24, 2.45) is 5.92 Å². The molecule has 0 aromatic heterocycles. The van der Waals surface area contributed by atoms with Gasteiger partial charge in [0.15, 0.2) is 12.2 Å². The van der Waals surface area contributed by atoms with Crippen LogP contribution in [0.1, 0.15) is 0 Å². The first-order valence-electron chi connectivity index (χ1n) is 2.70. The van der Waals surface area contributed by atoms with Crippen LogP contribution in [0.4, 0.5) is 0 Å². The fraction of sp³-hybridized carbons (Fsp3) is 0.667. The number of carbonyl (C=O) groups excluding carboxylic acids is 1. The molecule has 0 saturated heterocycles. The SMILES string of the molecule is COC(OC)C(C#N)C=O.[NaH]. The molecule has 0 aliphatic carbocycles. The predicted molar refractivity (Wildman–Crippen MR) is 40.1 cm³/mol. The van der Waals surface area contributed by atoms with Crippen molar-refractivity contribution in [3.8, 4) is 6.07 Å². The van der Waals surface area contributed by atoms with Gasteiger partial charge < -0.3 is 14.3 Å². The van der Waals surface area contributed by atoms with Gasteiger partial charge in [-0.25, -0.2) is 0 Å². The zero-order valence-corrected chi connectivity index (χ0v) is 5.90. The van der Waals surface area contributed by atoms with E-state index in [-0.39, 0.29) is 29.6 Å². The molecule has 0 fully saturated rings. The molecule has 0 amide bonds. The third kappa shape index (κ3) is 4.51. The Balaban J connectivity index is 0. The van der Waals surface area contributed by atoms with E-state index in [1.165, 1.54) is 14.2 Å². The first-order valence-corrected chi connectivity index (χ1v) is 2.70. The average molecular weight is 167 g/mol. The van der Waals surface area contributed by atoms with Crippen molar-refractivity contribution < 1.29 is 14.3 Å². The van der Waals surface area contributed by atoms with Gasteiger partial charge in [-0.2, -0.15) is 5.26 Å². The van der Waals surface area contributed by atoms with E-state index in [0.29, 0.717) is 6.29 Å². The number of nitriles is 1. The molecule has 0 heterocycles. The van der Waals surface area contributed by atoms with E-state index in [1.807, 2.05) is 0 Å². The van der Waals surface area contributed by atoms with E-state index in [2.05, 4.69) is 9.47 Å². The Kier molecular flexibility index (Phi) is 10.2. The summed E-state index contributed by atoms with van der Waals surface area (Å²) in [5, 5.41) is 8.32. The molecule has 0 aromatic rings. The summed E-state index contributed by atoms with van der Waals surface area (Å²) < 4.78 is 9.33. The topological polar surface area (TPSA) is 59.3 Å². The van der Waals surface area contributed by atoms with Crippen LogP contribution in [-0.4, -0.2) is 56.4 Å². The van der Waals surface area contributed by atoms with Gasteiger partial charge in [-0.15, -0.1) is 0 Å². The van der Waals surface area contributed by atoms with Crippen LogP contribution in [0.25, 0.3) is 0 Å². The normalized spacial score (nSPS) is 11.5. The summed E-state index contributed by atoms with van der Waals surface area (Å²) in [6.45, 7) is 0. The number of aldehydes is 1. The number of methoxy groups -OCH3 is 2. The molecule has 5 heteroatoms. The van der Waals surface area contributed by atoms with Crippen LogP contribution in [0, 0.1) is 17.2 Å². The van der Waals surface area contributed by atoms with E-state index in [4.69, 9.17) is 5.26 Å². The molecule has 11 heavy (non-hydrogen) atoms. The number of hydrogen-bond donors (Lipinski definition) is 0. The van der Waals surface area contributed by atoms with Gasteiger partial charge in [0, 0.05) is 14.2 Å². The van der Waals surface area contributed by atoms with Gasteiger partial charge in [-0.05, 0) is 0 Å². The van der Waals surface area contributed by atoms with Gasteiger partial charge in [-0.1, -0.05) is 0 Å². The van der Waals surface area contributed by atoms with Crippen molar-refractivity contribution in [2.45, 2.75) is 6.29 Å². The van der Waals surface area contributed by atoms with Crippen molar-refractivity contribution in [1.29, 1.82) is 5.26 Å². The molecule has 1 unspecified atom stereocenters. The molecular formula is C6H10NNaO3. The number of hydrogen-bond acceptors (Lipinski definition) is 4. The summed E-state index contributed by atoms with van der Waals surface area (Å²) in [5.74, 6) is -0.838. The van der Waals surface area contributed by atoms with Crippen LogP contribution < -0.4 is 0 Å². The second-order valence-electron chi connectivity index (χ2n) is 1.63. The summed E-state index contributed by atoms with van der Waals surface area (Å²) in [4.78, 5) is 10.1. The second kappa shape index (κ2) is 8.18. The van der Waals surface area contributed by atoms with Crippen molar-refractivity contribution in [3.63, 3.8) is 0 Å². The summed E-state index contributed by atoms with van der Waals surface area (Å²) in [5.41, 5.74) is 0. The van der Waals surface area contributed by atoms with E-state index in [1.54, 1.807) is 6.07 Å². The van der Waals surface area contributed by atoms with Crippen LogP contribution in [0.5, 0.6) is 0 Å². The van der Waals surface area contributed by atoms with Crippen LogP contribution >= 0.6 is 0 Å². The first kappa shape index (κ1) is 13.7. The van der Waals surface area contributed by atoms with Crippen LogP contribution in [0.2, 0.25) is 0 Å². The van der Waals surface area contributed by atoms with Gasteiger partial charge in [0.25, 0.3) is 0 Å². The summed E-state index contributed by atoms with van der Waals surface area (Å²) in [6.07, 6.45) is -0.250. The number of carbonyl (C=O) groups is 1. The van der Waals surface area contributed by atoms with Gasteiger partial charge in [0.1, 0.15) is 6.29 Å². The Labute approximate surface area is 87.8 Å². The molecule has 0 aliphatic heterocycles. The molecule has 4 nitrogen and oxygen atoms in total. The molecule has 58 valence electrons. The minimum atomic E-state index is -0.838. The Morgan fingerprint density at radius 2 is 1.91 bits per heavy atom. The van der Waals surface area contributed by atoms with Crippen LogP contribution in [0.15, 0.2) is 0 Å². The first-order chi connectivity index (χ1) is 4.79. The molecule has 0 spiro atoms. The zero-order chi connectivity index (χ0) is 7.98. The summed E-state index contributed by atoms with van der Waals surface area (Å²) in [7, 11) is 2.75. The molecule has 0 aromatic carbocycles. The molecular weight excluding hydrogens is 157 g/mol. The molecule has 1 atom stereocenters. The van der Waals surface area contributed by atoms with Gasteiger partial charge >= 0.3 is 29.6 Å². The summed E-state index contributed by atoms with van der Waals surface area (Å²) >= 11 is 0. The molecule has 0 N–H and O–H groups in total. The molecule has 0 bridgehead atoms. The third-order valence-corrected chi connectivity index (χ3v) is 1.05. The minimum absolute atomic E-state index is 0. The van der Waals surface area contributed by atoms with E-state index in [9.17, 15) is 4.79 Å². The maximum atomic E-state index is 10.1. The zero-order valence-electron chi connectivity index (χ0n) is 5.90.